The molecule has 2 aliphatic rings. The number of nitrogens with zero attached hydrogens (tertiary/aromatic N) is 2. The van der Waals surface area contributed by atoms with Crippen LogP contribution in [0.15, 0.2) is 36.0 Å². The molecular weight excluding hydrogens is 405 g/mol. The monoisotopic (exact) mass is 421 g/mol. The van der Waals surface area contributed by atoms with Crippen molar-refractivity contribution < 1.29 is 44.3 Å². The molecule has 28 heavy (non-hydrogen) atoms. The summed E-state index contributed by atoms with van der Waals surface area (Å²) in [5.41, 5.74) is 3.07. The summed E-state index contributed by atoms with van der Waals surface area (Å²) in [6.45, 7) is 1.21. The predicted molar refractivity (Wildman–Crippen MR) is 108 cm³/mol. The maximum Gasteiger partial charge on any atom is 1.00 e. The van der Waals surface area contributed by atoms with Crippen LogP contribution in [-0.2, 0) is 11.3 Å². The summed E-state index contributed by atoms with van der Waals surface area (Å²) in [6, 6.07) is 9.77. The van der Waals surface area contributed by atoms with Crippen LogP contribution in [0.3, 0.4) is 0 Å². The summed E-state index contributed by atoms with van der Waals surface area (Å²) in [4.78, 5) is 27.8. The van der Waals surface area contributed by atoms with E-state index < -0.39 is 0 Å². The Morgan fingerprint density at radius 1 is 1.29 bits per heavy atom. The predicted octanol–water partition coefficient (Wildman–Crippen LogP) is -0.113. The summed E-state index contributed by atoms with van der Waals surface area (Å²) in [6.07, 6.45) is 2.30. The van der Waals surface area contributed by atoms with Crippen LogP contribution in [0.2, 0.25) is 0 Å². The zero-order chi connectivity index (χ0) is 19.0. The van der Waals surface area contributed by atoms with Gasteiger partial charge in [0.15, 0.2) is 5.91 Å². The number of hydrogen-bond acceptors (Lipinski definition) is 5. The quantitative estimate of drug-likeness (QED) is 0.401. The zero-order valence-electron chi connectivity index (χ0n) is 15.3. The van der Waals surface area contributed by atoms with Crippen molar-refractivity contribution in [1.82, 2.24) is 10.2 Å². The number of carbonyl (C=O) groups excluding carboxylic acids is 2. The van der Waals surface area contributed by atoms with Gasteiger partial charge in [0.05, 0.1) is 0 Å². The number of thiocarbonyl (C=S) groups is 1. The van der Waals surface area contributed by atoms with Crippen molar-refractivity contribution in [1.29, 1.82) is 0 Å². The fourth-order valence-corrected chi connectivity index (χ4v) is 4.28. The first-order valence-corrected chi connectivity index (χ1v) is 9.69. The van der Waals surface area contributed by atoms with E-state index in [1.54, 1.807) is 22.3 Å². The van der Waals surface area contributed by atoms with E-state index in [2.05, 4.69) is 10.6 Å². The molecule has 0 aliphatic carbocycles. The topological polar surface area (TPSA) is 83.7 Å². The Bertz CT molecular complexity index is 987. The van der Waals surface area contributed by atoms with E-state index in [0.717, 1.165) is 26.4 Å². The van der Waals surface area contributed by atoms with E-state index in [0.29, 0.717) is 25.2 Å². The molecule has 4 rings (SSSR count). The average molecular weight is 421 g/mol. The molecule has 0 unspecified atom stereocenters. The van der Waals surface area contributed by atoms with Crippen LogP contribution in [0, 0.1) is 0 Å². The summed E-state index contributed by atoms with van der Waals surface area (Å²) in [7, 11) is 0. The molecular formula is C19H16N3NaO3S2. The van der Waals surface area contributed by atoms with Crippen molar-refractivity contribution in [3.8, 4) is 10.4 Å². The number of fused-ring (bicyclic) bond motifs is 1. The summed E-state index contributed by atoms with van der Waals surface area (Å²) < 4.78 is 0. The van der Waals surface area contributed by atoms with Gasteiger partial charge < -0.3 is 20.6 Å². The number of aliphatic hydroxyl groups excluding tert-OH is 1. The van der Waals surface area contributed by atoms with Gasteiger partial charge in [0.25, 0.3) is 5.91 Å². The molecule has 1 aromatic heterocycles. The normalized spacial score (nSPS) is 16.8. The summed E-state index contributed by atoms with van der Waals surface area (Å²) in [5, 5.41) is 15.7. The third kappa shape index (κ3) is 4.22. The molecule has 2 N–H and O–H groups in total. The van der Waals surface area contributed by atoms with Gasteiger partial charge in [-0.25, -0.2) is 0 Å². The Kier molecular flexibility index (Phi) is 6.69. The number of thiophene rings is 1. The smallest absolute Gasteiger partial charge is 0.424 e. The standard InChI is InChI=1S/C19H17N3O3S2.Na/c23-7-1-6-22-10-12-8-11(2-4-14(12)18(22)25)16-5-3-13(27-16)9-15-17(24)21-19(26)20-15;/h2-5,8-9,23H,1,6-7,10H2,(H2,20,21,24,25,26);/q;+1/p-1. The second kappa shape index (κ2) is 8.86. The number of hydrogen-bond donors (Lipinski definition) is 2. The molecule has 0 spiro atoms. The van der Waals surface area contributed by atoms with Crippen molar-refractivity contribution >= 4 is 46.6 Å². The number of amides is 2. The van der Waals surface area contributed by atoms with Crippen LogP contribution in [0.25, 0.3) is 21.8 Å². The Morgan fingerprint density at radius 2 is 2.11 bits per heavy atom. The number of rotatable bonds is 5. The molecule has 3 heterocycles. The van der Waals surface area contributed by atoms with Crippen LogP contribution in [0.5, 0.6) is 0 Å². The number of nitrogens with one attached hydrogen (secondary N) is 1. The van der Waals surface area contributed by atoms with Crippen LogP contribution < -0.4 is 34.9 Å². The third-order valence-corrected chi connectivity index (χ3v) is 5.71. The summed E-state index contributed by atoms with van der Waals surface area (Å²) in [5.74, 6) is -0.264. The largest absolute Gasteiger partial charge is 1.00 e. The molecule has 2 aliphatic heterocycles. The molecule has 2 aromatic rings. The van der Waals surface area contributed by atoms with Gasteiger partial charge in [-0.15, -0.1) is 11.3 Å². The van der Waals surface area contributed by atoms with E-state index in [-0.39, 0.29) is 53.1 Å². The van der Waals surface area contributed by atoms with Gasteiger partial charge in [0, 0.05) is 45.8 Å². The fraction of sp³-hybridized carbons (Fsp3) is 0.211. The van der Waals surface area contributed by atoms with E-state index in [1.807, 2.05) is 30.3 Å². The molecule has 0 radical (unpaired) electrons. The molecule has 6 nitrogen and oxygen atoms in total. The molecule has 9 heteroatoms. The van der Waals surface area contributed by atoms with Gasteiger partial charge in [-0.3, -0.25) is 9.59 Å². The maximum atomic E-state index is 12.4. The number of benzene rings is 1. The molecule has 1 fully saturated rings. The zero-order valence-corrected chi connectivity index (χ0v) is 18.9. The second-order valence-electron chi connectivity index (χ2n) is 6.28. The van der Waals surface area contributed by atoms with Crippen molar-refractivity contribution in [3.05, 3.63) is 57.3 Å². The number of aliphatic hydroxyl groups is 1. The fourth-order valence-electron chi connectivity index (χ4n) is 3.14. The average Bonchev–Trinajstić information content (AvgIpc) is 3.32. The maximum absolute atomic E-state index is 12.4. The van der Waals surface area contributed by atoms with Gasteiger partial charge in [-0.1, -0.05) is 18.3 Å². The van der Waals surface area contributed by atoms with Gasteiger partial charge >= 0.3 is 29.6 Å². The Hall–Kier alpha value is -1.55. The minimum absolute atomic E-state index is 0. The van der Waals surface area contributed by atoms with Crippen molar-refractivity contribution in [2.45, 2.75) is 13.0 Å². The van der Waals surface area contributed by atoms with E-state index in [1.165, 1.54) is 0 Å². The Morgan fingerprint density at radius 3 is 2.82 bits per heavy atom. The van der Waals surface area contributed by atoms with Crippen LogP contribution >= 0.6 is 23.6 Å². The first-order chi connectivity index (χ1) is 13.0. The van der Waals surface area contributed by atoms with Crippen LogP contribution in [-0.4, -0.2) is 40.1 Å². The molecule has 0 saturated carbocycles. The molecule has 138 valence electrons. The molecule has 2 amide bonds. The molecule has 1 aromatic carbocycles. The van der Waals surface area contributed by atoms with Gasteiger partial charge in [0.2, 0.25) is 0 Å². The molecule has 0 atom stereocenters. The second-order valence-corrected chi connectivity index (χ2v) is 7.78. The Labute approximate surface area is 193 Å². The van der Waals surface area contributed by atoms with E-state index in [9.17, 15) is 9.59 Å². The van der Waals surface area contributed by atoms with Crippen LogP contribution in [0.4, 0.5) is 0 Å². The van der Waals surface area contributed by atoms with Gasteiger partial charge in [-0.2, -0.15) is 0 Å². The SMILES string of the molecule is O=C1NC(=S)[N-]/C1=C/c1ccc(-c2ccc3c(c2)CN(CCCO)C3=O)s1.[Na+]. The summed E-state index contributed by atoms with van der Waals surface area (Å²) >= 11 is 6.43. The van der Waals surface area contributed by atoms with Gasteiger partial charge in [-0.05, 0) is 47.9 Å². The van der Waals surface area contributed by atoms with Crippen molar-refractivity contribution in [3.63, 3.8) is 0 Å². The molecule has 0 bridgehead atoms. The van der Waals surface area contributed by atoms with Crippen molar-refractivity contribution in [2.24, 2.45) is 0 Å². The van der Waals surface area contributed by atoms with E-state index in [4.69, 9.17) is 17.3 Å². The minimum Gasteiger partial charge on any atom is -0.424 e. The minimum atomic E-state index is -0.283. The van der Waals surface area contributed by atoms with Gasteiger partial charge in [0.1, 0.15) is 0 Å². The Balaban J connectivity index is 0.00000225. The number of carbonyl (C=O) groups is 2. The van der Waals surface area contributed by atoms with E-state index >= 15 is 0 Å². The third-order valence-electron chi connectivity index (χ3n) is 4.44. The molecule has 1 saturated heterocycles. The first-order valence-electron chi connectivity index (χ1n) is 8.47. The first kappa shape index (κ1) is 21.2. The van der Waals surface area contributed by atoms with Crippen molar-refractivity contribution in [2.75, 3.05) is 13.2 Å². The van der Waals surface area contributed by atoms with Crippen LogP contribution in [0.1, 0.15) is 27.2 Å².